The van der Waals surface area contributed by atoms with E-state index in [9.17, 15) is 0 Å². The summed E-state index contributed by atoms with van der Waals surface area (Å²) in [4.78, 5) is 9.15. The van der Waals surface area contributed by atoms with Crippen LogP contribution < -0.4 is 20.5 Å². The number of benzene rings is 2. The second kappa shape index (κ2) is 5.45. The maximum atomic E-state index is 5.96. The molecule has 7 heteroatoms. The van der Waals surface area contributed by atoms with E-state index in [1.807, 2.05) is 47.0 Å². The second-order valence-electron chi connectivity index (χ2n) is 5.42. The monoisotopic (exact) mass is 323 g/mol. The van der Waals surface area contributed by atoms with Crippen LogP contribution in [0.4, 0.5) is 5.95 Å². The molecule has 1 aliphatic heterocycles. The lowest BCUT2D eigenvalue weighted by atomic mass is 10.1. The van der Waals surface area contributed by atoms with Crippen LogP contribution in [0.25, 0.3) is 11.0 Å². The molecular weight excluding hydrogens is 306 g/mol. The van der Waals surface area contributed by atoms with Crippen LogP contribution in [0.5, 0.6) is 11.5 Å². The second-order valence-corrected chi connectivity index (χ2v) is 5.42. The van der Waals surface area contributed by atoms with Crippen molar-refractivity contribution < 1.29 is 9.47 Å². The Kier molecular flexibility index (Phi) is 3.26. The van der Waals surface area contributed by atoms with Crippen LogP contribution >= 0.6 is 0 Å². The highest BCUT2D eigenvalue weighted by atomic mass is 16.5. The Morgan fingerprint density at radius 2 is 1.88 bits per heavy atom. The van der Waals surface area contributed by atoms with Gasteiger partial charge in [-0.25, -0.2) is 9.98 Å². The average Bonchev–Trinajstić information content (AvgIpc) is 2.98. The van der Waals surface area contributed by atoms with Crippen LogP contribution in [-0.4, -0.2) is 29.7 Å². The molecule has 3 N–H and O–H groups in total. The molecule has 24 heavy (non-hydrogen) atoms. The molecule has 0 bridgehead atoms. The van der Waals surface area contributed by atoms with E-state index in [-0.39, 0.29) is 6.17 Å². The van der Waals surface area contributed by atoms with Gasteiger partial charge in [-0.05, 0) is 24.3 Å². The number of nitrogens with zero attached hydrogens (tertiary/aromatic N) is 3. The summed E-state index contributed by atoms with van der Waals surface area (Å²) in [5.41, 5.74) is 8.75. The molecule has 1 atom stereocenters. The molecule has 2 aromatic carbocycles. The van der Waals surface area contributed by atoms with Gasteiger partial charge in [0.2, 0.25) is 5.95 Å². The van der Waals surface area contributed by atoms with E-state index < -0.39 is 0 Å². The molecule has 1 aromatic heterocycles. The molecule has 0 saturated heterocycles. The Hall–Kier alpha value is -3.22. The van der Waals surface area contributed by atoms with Crippen LogP contribution in [0.2, 0.25) is 0 Å². The normalized spacial score (nSPS) is 16.2. The minimum atomic E-state index is -0.326. The van der Waals surface area contributed by atoms with Crippen molar-refractivity contribution in [2.75, 3.05) is 19.5 Å². The Bertz CT molecular complexity index is 947. The molecule has 0 saturated carbocycles. The number of hydrogen-bond acceptors (Lipinski definition) is 6. The van der Waals surface area contributed by atoms with E-state index >= 15 is 0 Å². The van der Waals surface area contributed by atoms with Crippen molar-refractivity contribution in [2.24, 2.45) is 10.7 Å². The molecule has 7 nitrogen and oxygen atoms in total. The van der Waals surface area contributed by atoms with Gasteiger partial charge in [0.25, 0.3) is 0 Å². The van der Waals surface area contributed by atoms with Gasteiger partial charge in [0.15, 0.2) is 23.6 Å². The number of fused-ring (bicyclic) bond motifs is 3. The maximum Gasteiger partial charge on any atom is 0.212 e. The molecule has 3 aromatic rings. The molecule has 0 fully saturated rings. The molecule has 1 aliphatic rings. The molecule has 122 valence electrons. The van der Waals surface area contributed by atoms with Gasteiger partial charge in [-0.2, -0.15) is 0 Å². The van der Waals surface area contributed by atoms with Crippen molar-refractivity contribution in [1.82, 2.24) is 9.55 Å². The zero-order valence-electron chi connectivity index (χ0n) is 13.4. The maximum absolute atomic E-state index is 5.96. The number of methoxy groups -OCH3 is 2. The Morgan fingerprint density at radius 1 is 1.08 bits per heavy atom. The molecule has 0 unspecified atom stereocenters. The predicted molar refractivity (Wildman–Crippen MR) is 92.7 cm³/mol. The highest BCUT2D eigenvalue weighted by Crippen LogP contribution is 2.36. The number of hydrogen-bond donors (Lipinski definition) is 2. The Labute approximate surface area is 138 Å². The largest absolute Gasteiger partial charge is 0.493 e. The smallest absolute Gasteiger partial charge is 0.212 e. The standard InChI is InChI=1S/C17H17N5O2/c1-23-13-8-7-10(9-14(13)24-2)15-20-16(18)21-17-19-11-5-3-4-6-12(11)22(15)17/h3-9,15H,1-2H3,(H3,18,19,20,21)/t15-/m0/s1. The van der Waals surface area contributed by atoms with Crippen molar-refractivity contribution in [3.8, 4) is 11.5 Å². The molecule has 0 spiro atoms. The zero-order chi connectivity index (χ0) is 16.7. The summed E-state index contributed by atoms with van der Waals surface area (Å²) >= 11 is 0. The van der Waals surface area contributed by atoms with Gasteiger partial charge < -0.3 is 15.2 Å². The topological polar surface area (TPSA) is 86.7 Å². The van der Waals surface area contributed by atoms with Crippen molar-refractivity contribution in [3.63, 3.8) is 0 Å². The Balaban J connectivity index is 1.91. The number of aromatic nitrogens is 2. The lowest BCUT2D eigenvalue weighted by Crippen LogP contribution is -2.31. The van der Waals surface area contributed by atoms with E-state index in [1.54, 1.807) is 14.2 Å². The predicted octanol–water partition coefficient (Wildman–Crippen LogP) is 2.34. The van der Waals surface area contributed by atoms with E-state index in [4.69, 9.17) is 15.2 Å². The third-order valence-corrected chi connectivity index (χ3v) is 4.05. The van der Waals surface area contributed by atoms with E-state index in [0.717, 1.165) is 16.6 Å². The van der Waals surface area contributed by atoms with Crippen LogP contribution in [0.1, 0.15) is 11.7 Å². The fraction of sp³-hybridized carbons (Fsp3) is 0.176. The van der Waals surface area contributed by atoms with Crippen LogP contribution in [0, 0.1) is 0 Å². The van der Waals surface area contributed by atoms with Gasteiger partial charge in [0, 0.05) is 5.56 Å². The van der Waals surface area contributed by atoms with E-state index in [1.165, 1.54) is 0 Å². The number of aliphatic imine (C=N–C) groups is 1. The number of nitrogens with one attached hydrogen (secondary N) is 1. The summed E-state index contributed by atoms with van der Waals surface area (Å²) in [7, 11) is 3.22. The van der Waals surface area contributed by atoms with Gasteiger partial charge in [0.05, 0.1) is 25.3 Å². The fourth-order valence-electron chi connectivity index (χ4n) is 2.95. The average molecular weight is 323 g/mol. The molecule has 0 radical (unpaired) electrons. The van der Waals surface area contributed by atoms with Gasteiger partial charge in [-0.15, -0.1) is 0 Å². The number of nitrogens with two attached hydrogens (primary N) is 1. The molecule has 4 rings (SSSR count). The SMILES string of the molecule is COc1ccc([C@H]2N=C(N)Nc3nc4ccccc4n32)cc1OC. The first-order valence-electron chi connectivity index (χ1n) is 7.50. The third kappa shape index (κ3) is 2.13. The minimum Gasteiger partial charge on any atom is -0.493 e. The lowest BCUT2D eigenvalue weighted by Gasteiger charge is -2.24. The van der Waals surface area contributed by atoms with Crippen molar-refractivity contribution in [1.29, 1.82) is 0 Å². The number of imidazole rings is 1. The summed E-state index contributed by atoms with van der Waals surface area (Å²) in [6, 6.07) is 13.6. The van der Waals surface area contributed by atoms with Crippen LogP contribution in [-0.2, 0) is 0 Å². The van der Waals surface area contributed by atoms with Crippen molar-refractivity contribution >= 4 is 22.9 Å². The highest BCUT2D eigenvalue weighted by Gasteiger charge is 2.25. The van der Waals surface area contributed by atoms with Gasteiger partial charge in [-0.3, -0.25) is 9.88 Å². The van der Waals surface area contributed by atoms with Gasteiger partial charge >= 0.3 is 0 Å². The first kappa shape index (κ1) is 14.4. The Morgan fingerprint density at radius 3 is 2.67 bits per heavy atom. The molecule has 0 amide bonds. The van der Waals surface area contributed by atoms with Crippen LogP contribution in [0.3, 0.4) is 0 Å². The van der Waals surface area contributed by atoms with Crippen LogP contribution in [0.15, 0.2) is 47.5 Å². The van der Waals surface area contributed by atoms with E-state index in [0.29, 0.717) is 23.4 Å². The van der Waals surface area contributed by atoms with Gasteiger partial charge in [0.1, 0.15) is 0 Å². The van der Waals surface area contributed by atoms with E-state index in [2.05, 4.69) is 15.3 Å². The highest BCUT2D eigenvalue weighted by molar-refractivity contribution is 5.94. The van der Waals surface area contributed by atoms with Crippen molar-refractivity contribution in [3.05, 3.63) is 48.0 Å². The summed E-state index contributed by atoms with van der Waals surface area (Å²) in [6.07, 6.45) is -0.326. The number of ether oxygens (including phenoxy) is 2. The van der Waals surface area contributed by atoms with Gasteiger partial charge in [-0.1, -0.05) is 18.2 Å². The summed E-state index contributed by atoms with van der Waals surface area (Å²) in [6.45, 7) is 0. The first-order valence-corrected chi connectivity index (χ1v) is 7.50. The number of guanidine groups is 1. The summed E-state index contributed by atoms with van der Waals surface area (Å²) in [5, 5.41) is 3.02. The zero-order valence-corrected chi connectivity index (χ0v) is 13.4. The summed E-state index contributed by atoms with van der Waals surface area (Å²) < 4.78 is 12.7. The molecule has 0 aliphatic carbocycles. The van der Waals surface area contributed by atoms with Crippen molar-refractivity contribution in [2.45, 2.75) is 6.17 Å². The molecule has 2 heterocycles. The number of anilines is 1. The molecular formula is C17H17N5O2. The fourth-order valence-corrected chi connectivity index (χ4v) is 2.95. The first-order chi connectivity index (χ1) is 11.7. The number of rotatable bonds is 3. The lowest BCUT2D eigenvalue weighted by molar-refractivity contribution is 0.354. The number of para-hydroxylation sites is 2. The summed E-state index contributed by atoms with van der Waals surface area (Å²) in [5.74, 6) is 2.32. The minimum absolute atomic E-state index is 0.326. The quantitative estimate of drug-likeness (QED) is 0.772. The third-order valence-electron chi connectivity index (χ3n) is 4.05.